The van der Waals surface area contributed by atoms with E-state index in [1.165, 1.54) is 5.69 Å². The average molecular weight is 558 g/mol. The molecule has 0 bridgehead atoms. The Morgan fingerprint density at radius 3 is 2.32 bits per heavy atom. The Balaban J connectivity index is 0.989. The minimum absolute atomic E-state index is 0.135. The summed E-state index contributed by atoms with van der Waals surface area (Å²) in [6, 6.07) is 23.9. The summed E-state index contributed by atoms with van der Waals surface area (Å²) >= 11 is 0. The van der Waals surface area contributed by atoms with E-state index in [0.717, 1.165) is 75.7 Å². The normalized spacial score (nSPS) is 16.4. The molecule has 0 spiro atoms. The summed E-state index contributed by atoms with van der Waals surface area (Å²) in [5.74, 6) is 1.10. The van der Waals surface area contributed by atoms with Crippen molar-refractivity contribution >= 4 is 23.0 Å². The van der Waals surface area contributed by atoms with Crippen molar-refractivity contribution in [2.45, 2.75) is 38.8 Å². The zero-order valence-electron chi connectivity index (χ0n) is 23.7. The van der Waals surface area contributed by atoms with Gasteiger partial charge in [-0.1, -0.05) is 30.3 Å². The lowest BCUT2D eigenvalue weighted by Crippen LogP contribution is -2.48. The van der Waals surface area contributed by atoms with Crippen LogP contribution < -0.4 is 15.0 Å². The highest BCUT2D eigenvalue weighted by molar-refractivity contribution is 5.76. The number of likely N-dealkylation sites (tertiary alicyclic amines) is 1. The van der Waals surface area contributed by atoms with Crippen LogP contribution in [0.2, 0.25) is 0 Å². The molecule has 9 heteroatoms. The van der Waals surface area contributed by atoms with Crippen LogP contribution in [0.1, 0.15) is 30.4 Å². The molecule has 0 unspecified atom stereocenters. The number of piperazine rings is 1. The summed E-state index contributed by atoms with van der Waals surface area (Å²) in [6.45, 7) is 8.36. The Morgan fingerprint density at radius 2 is 1.66 bits per heavy atom. The van der Waals surface area contributed by atoms with E-state index >= 15 is 0 Å². The van der Waals surface area contributed by atoms with Crippen LogP contribution in [0.3, 0.4) is 0 Å². The number of nitro groups is 1. The van der Waals surface area contributed by atoms with Gasteiger partial charge in [0.2, 0.25) is 5.91 Å². The van der Waals surface area contributed by atoms with Crippen LogP contribution in [0.4, 0.5) is 17.1 Å². The number of nitrogens with one attached hydrogen (secondary N) is 1. The minimum Gasteiger partial charge on any atom is -0.489 e. The summed E-state index contributed by atoms with van der Waals surface area (Å²) in [5.41, 5.74) is 4.03. The maximum Gasteiger partial charge on any atom is 0.272 e. The molecular formula is C32H39N5O4. The second kappa shape index (κ2) is 13.5. The molecule has 3 aromatic rings. The number of benzene rings is 3. The molecule has 0 saturated carbocycles. The molecule has 2 saturated heterocycles. The van der Waals surface area contributed by atoms with E-state index in [0.29, 0.717) is 18.6 Å². The van der Waals surface area contributed by atoms with Gasteiger partial charge in [-0.3, -0.25) is 19.8 Å². The number of nitro benzene ring substituents is 1. The molecule has 2 aliphatic heterocycles. The van der Waals surface area contributed by atoms with Crippen LogP contribution in [0.25, 0.3) is 0 Å². The smallest absolute Gasteiger partial charge is 0.272 e. The molecule has 0 aromatic heterocycles. The number of hydrogen-bond donors (Lipinski definition) is 1. The van der Waals surface area contributed by atoms with Gasteiger partial charge >= 0.3 is 0 Å². The molecule has 2 fully saturated rings. The van der Waals surface area contributed by atoms with Crippen molar-refractivity contribution in [3.05, 3.63) is 94.0 Å². The Labute approximate surface area is 241 Å². The van der Waals surface area contributed by atoms with E-state index in [4.69, 9.17) is 4.74 Å². The van der Waals surface area contributed by atoms with Gasteiger partial charge in [0.15, 0.2) is 0 Å². The first-order chi connectivity index (χ1) is 19.9. The van der Waals surface area contributed by atoms with Gasteiger partial charge in [0.1, 0.15) is 12.4 Å². The molecule has 41 heavy (non-hydrogen) atoms. The third-order valence-electron chi connectivity index (χ3n) is 8.08. The summed E-state index contributed by atoms with van der Waals surface area (Å²) in [5, 5.41) is 14.5. The van der Waals surface area contributed by atoms with E-state index in [1.54, 1.807) is 19.1 Å². The number of ether oxygens (including phenoxy) is 1. The third-order valence-corrected chi connectivity index (χ3v) is 8.08. The van der Waals surface area contributed by atoms with Gasteiger partial charge in [0.25, 0.3) is 5.69 Å². The first kappa shape index (κ1) is 28.4. The number of carbonyl (C=O) groups is 1. The van der Waals surface area contributed by atoms with Crippen LogP contribution >= 0.6 is 0 Å². The minimum atomic E-state index is -0.356. The fraction of sp³-hybridized carbons (Fsp3) is 0.406. The molecule has 1 N–H and O–H groups in total. The van der Waals surface area contributed by atoms with Crippen molar-refractivity contribution in [3.63, 3.8) is 0 Å². The lowest BCUT2D eigenvalue weighted by molar-refractivity contribution is -0.385. The number of nitrogens with zero attached hydrogens (tertiary/aromatic N) is 4. The summed E-state index contributed by atoms with van der Waals surface area (Å²) in [7, 11) is 0. The maximum absolute atomic E-state index is 12.9. The van der Waals surface area contributed by atoms with Gasteiger partial charge in [-0.05, 0) is 61.7 Å². The van der Waals surface area contributed by atoms with Gasteiger partial charge in [0.05, 0.1) is 4.92 Å². The highest BCUT2D eigenvalue weighted by Crippen LogP contribution is 2.25. The predicted octanol–water partition coefficient (Wildman–Crippen LogP) is 5.10. The van der Waals surface area contributed by atoms with Crippen molar-refractivity contribution < 1.29 is 14.5 Å². The molecule has 3 aromatic carbocycles. The number of carbonyl (C=O) groups excluding carboxylic acids is 1. The molecule has 0 atom stereocenters. The SMILES string of the molecule is Cc1cc(NC2CCN(C(=O)CCN3CCN(c4ccc(OCc5ccccc5)cc4)CC3)CC2)ccc1[N+](=O)[O-]. The number of amides is 1. The fourth-order valence-corrected chi connectivity index (χ4v) is 5.59. The lowest BCUT2D eigenvalue weighted by atomic mass is 10.0. The quantitative estimate of drug-likeness (QED) is 0.274. The van der Waals surface area contributed by atoms with Crippen molar-refractivity contribution in [1.29, 1.82) is 0 Å². The Kier molecular flexibility index (Phi) is 9.36. The molecule has 216 valence electrons. The maximum atomic E-state index is 12.9. The van der Waals surface area contributed by atoms with E-state index in [-0.39, 0.29) is 22.6 Å². The molecular weight excluding hydrogens is 518 g/mol. The van der Waals surface area contributed by atoms with Crippen LogP contribution in [0.15, 0.2) is 72.8 Å². The lowest BCUT2D eigenvalue weighted by Gasteiger charge is -2.37. The first-order valence-electron chi connectivity index (χ1n) is 14.5. The number of hydrogen-bond acceptors (Lipinski definition) is 7. The summed E-state index contributed by atoms with van der Waals surface area (Å²) in [4.78, 5) is 30.4. The highest BCUT2D eigenvalue weighted by Gasteiger charge is 2.24. The second-order valence-electron chi connectivity index (χ2n) is 10.9. The van der Waals surface area contributed by atoms with Crippen LogP contribution in [0.5, 0.6) is 5.75 Å². The van der Waals surface area contributed by atoms with Gasteiger partial charge in [-0.2, -0.15) is 0 Å². The second-order valence-corrected chi connectivity index (χ2v) is 10.9. The number of piperidine rings is 1. The molecule has 9 nitrogen and oxygen atoms in total. The average Bonchev–Trinajstić information content (AvgIpc) is 3.00. The highest BCUT2D eigenvalue weighted by atomic mass is 16.6. The van der Waals surface area contributed by atoms with Gasteiger partial charge in [-0.25, -0.2) is 0 Å². The van der Waals surface area contributed by atoms with Crippen LogP contribution in [0, 0.1) is 17.0 Å². The number of anilines is 2. The molecule has 5 rings (SSSR count). The predicted molar refractivity (Wildman–Crippen MR) is 162 cm³/mol. The Hall–Kier alpha value is -4.11. The molecule has 2 aliphatic rings. The molecule has 0 radical (unpaired) electrons. The van der Waals surface area contributed by atoms with Crippen molar-refractivity contribution in [2.75, 3.05) is 56.0 Å². The first-order valence-corrected chi connectivity index (χ1v) is 14.5. The van der Waals surface area contributed by atoms with E-state index in [1.807, 2.05) is 41.3 Å². The van der Waals surface area contributed by atoms with Crippen molar-refractivity contribution in [3.8, 4) is 5.75 Å². The fourth-order valence-electron chi connectivity index (χ4n) is 5.59. The van der Waals surface area contributed by atoms with Crippen molar-refractivity contribution in [2.24, 2.45) is 0 Å². The summed E-state index contributed by atoms with van der Waals surface area (Å²) < 4.78 is 5.92. The summed E-state index contributed by atoms with van der Waals surface area (Å²) in [6.07, 6.45) is 2.29. The Morgan fingerprint density at radius 1 is 0.951 bits per heavy atom. The van der Waals surface area contributed by atoms with E-state index in [2.05, 4.69) is 39.4 Å². The van der Waals surface area contributed by atoms with E-state index in [9.17, 15) is 14.9 Å². The standard InChI is InChI=1S/C32H39N5O4/c1-25-23-28(7-12-31(25)37(39)40)33-27-13-17-36(18-14-27)32(38)15-16-34-19-21-35(22-20-34)29-8-10-30(11-9-29)41-24-26-5-3-2-4-6-26/h2-12,23,27,33H,13-22,24H2,1H3. The largest absolute Gasteiger partial charge is 0.489 e. The Bertz CT molecular complexity index is 1300. The number of rotatable bonds is 10. The molecule has 1 amide bonds. The van der Waals surface area contributed by atoms with Crippen LogP contribution in [-0.4, -0.2) is 72.5 Å². The van der Waals surface area contributed by atoms with Crippen molar-refractivity contribution in [1.82, 2.24) is 9.80 Å². The van der Waals surface area contributed by atoms with Gasteiger partial charge < -0.3 is 19.9 Å². The van der Waals surface area contributed by atoms with Crippen LogP contribution in [-0.2, 0) is 11.4 Å². The van der Waals surface area contributed by atoms with E-state index < -0.39 is 0 Å². The van der Waals surface area contributed by atoms with Gasteiger partial charge in [0, 0.05) is 81.3 Å². The monoisotopic (exact) mass is 557 g/mol. The zero-order valence-corrected chi connectivity index (χ0v) is 23.7. The number of aryl methyl sites for hydroxylation is 1. The topological polar surface area (TPSA) is 91.2 Å². The van der Waals surface area contributed by atoms with Gasteiger partial charge in [-0.15, -0.1) is 0 Å². The zero-order chi connectivity index (χ0) is 28.6. The molecule has 2 heterocycles. The molecule has 0 aliphatic carbocycles. The third kappa shape index (κ3) is 7.76.